The summed E-state index contributed by atoms with van der Waals surface area (Å²) in [6.07, 6.45) is 4.58. The molecule has 2 aliphatic carbocycles. The number of amides is 2. The van der Waals surface area contributed by atoms with E-state index < -0.39 is 17.8 Å². The number of rotatable bonds is 8. The van der Waals surface area contributed by atoms with Crippen LogP contribution in [0, 0.1) is 18.7 Å². The minimum absolute atomic E-state index is 0.0996. The van der Waals surface area contributed by atoms with Crippen molar-refractivity contribution >= 4 is 22.8 Å². The highest BCUT2D eigenvalue weighted by atomic mass is 19.1. The van der Waals surface area contributed by atoms with Crippen LogP contribution in [0.3, 0.4) is 0 Å². The Morgan fingerprint density at radius 2 is 1.94 bits per heavy atom. The van der Waals surface area contributed by atoms with Crippen LogP contribution >= 0.6 is 0 Å². The zero-order chi connectivity index (χ0) is 25.4. The molecular formula is C26H30FN5O4. The molecule has 0 aliphatic heterocycles. The molecule has 10 heteroatoms. The molecule has 9 nitrogen and oxygen atoms in total. The Balaban J connectivity index is 1.39. The maximum atomic E-state index is 14.2. The third-order valence-corrected chi connectivity index (χ3v) is 6.86. The number of aliphatic hydroxyl groups excluding tert-OH is 1. The zero-order valence-corrected chi connectivity index (χ0v) is 20.3. The molecule has 4 N–H and O–H groups in total. The predicted octanol–water partition coefficient (Wildman–Crippen LogP) is 3.01. The van der Waals surface area contributed by atoms with Crippen LogP contribution in [0.4, 0.5) is 4.39 Å². The number of nitrogens with one attached hydrogen (secondary N) is 3. The Bertz CT molecular complexity index is 1300. The Hall–Kier alpha value is -3.53. The lowest BCUT2D eigenvalue weighted by Crippen LogP contribution is -2.40. The van der Waals surface area contributed by atoms with Gasteiger partial charge >= 0.3 is 0 Å². The van der Waals surface area contributed by atoms with Gasteiger partial charge in [-0.25, -0.2) is 14.4 Å². The average molecular weight is 496 g/mol. The van der Waals surface area contributed by atoms with E-state index in [0.717, 1.165) is 12.8 Å². The average Bonchev–Trinajstić information content (AvgIpc) is 3.47. The summed E-state index contributed by atoms with van der Waals surface area (Å²) in [7, 11) is 0. The molecular weight excluding hydrogens is 465 g/mol. The molecule has 190 valence electrons. The molecule has 2 aliphatic rings. The van der Waals surface area contributed by atoms with Crippen molar-refractivity contribution in [3.8, 4) is 17.0 Å². The summed E-state index contributed by atoms with van der Waals surface area (Å²) in [4.78, 5) is 37.1. The second-order valence-corrected chi connectivity index (χ2v) is 9.83. The van der Waals surface area contributed by atoms with Crippen LogP contribution in [0.1, 0.15) is 55.1 Å². The fourth-order valence-electron chi connectivity index (χ4n) is 4.73. The van der Waals surface area contributed by atoms with Crippen molar-refractivity contribution in [2.45, 2.75) is 64.1 Å². The number of fused-ring (bicyclic) bond motifs is 1. The number of carbonyl (C=O) groups is 2. The predicted molar refractivity (Wildman–Crippen MR) is 131 cm³/mol. The monoisotopic (exact) mass is 495 g/mol. The Morgan fingerprint density at radius 3 is 2.67 bits per heavy atom. The standard InChI is InChI=1S/C26H30FN5O4/c1-13-21(26(35)32-18-7-6-17(10-18)31-25(34)14(2)33)23-24(30-13)22(28-12-29-23)19-9-16(27)5-8-20(19)36-11-15-3-4-15/h5,8-9,12,14-15,17-18,30,33H,3-4,6-7,10-11H2,1-2H3,(H,31,34)(H,32,35)/t14-,17+,18-/m0/s1. The maximum Gasteiger partial charge on any atom is 0.255 e. The summed E-state index contributed by atoms with van der Waals surface area (Å²) in [5, 5.41) is 15.3. The lowest BCUT2D eigenvalue weighted by Gasteiger charge is -2.15. The van der Waals surface area contributed by atoms with E-state index in [1.165, 1.54) is 25.4 Å². The summed E-state index contributed by atoms with van der Waals surface area (Å²) in [6, 6.07) is 4.14. The van der Waals surface area contributed by atoms with Gasteiger partial charge in [0.15, 0.2) is 0 Å². The Morgan fingerprint density at radius 1 is 1.19 bits per heavy atom. The molecule has 3 atom stereocenters. The van der Waals surface area contributed by atoms with E-state index in [2.05, 4.69) is 25.6 Å². The van der Waals surface area contributed by atoms with Crippen LogP contribution in [0.25, 0.3) is 22.3 Å². The number of hydrogen-bond acceptors (Lipinski definition) is 6. The number of benzene rings is 1. The van der Waals surface area contributed by atoms with Gasteiger partial charge in [-0.3, -0.25) is 9.59 Å². The number of H-pyrrole nitrogens is 1. The molecule has 2 fully saturated rings. The van der Waals surface area contributed by atoms with Crippen molar-refractivity contribution in [3.05, 3.63) is 41.6 Å². The number of aliphatic hydroxyl groups is 1. The van der Waals surface area contributed by atoms with Gasteiger partial charge in [-0.05, 0) is 70.1 Å². The largest absolute Gasteiger partial charge is 0.493 e. The minimum Gasteiger partial charge on any atom is -0.493 e. The summed E-state index contributed by atoms with van der Waals surface area (Å²) >= 11 is 0. The number of aromatic nitrogens is 3. The minimum atomic E-state index is -1.07. The number of ether oxygens (including phenoxy) is 1. The quantitative estimate of drug-likeness (QED) is 0.380. The van der Waals surface area contributed by atoms with E-state index in [0.29, 0.717) is 71.1 Å². The van der Waals surface area contributed by atoms with E-state index in [-0.39, 0.29) is 18.0 Å². The molecule has 0 radical (unpaired) electrons. The van der Waals surface area contributed by atoms with Gasteiger partial charge in [-0.15, -0.1) is 0 Å². The van der Waals surface area contributed by atoms with Gasteiger partial charge in [0.25, 0.3) is 5.91 Å². The summed E-state index contributed by atoms with van der Waals surface area (Å²) < 4.78 is 20.2. The van der Waals surface area contributed by atoms with Crippen molar-refractivity contribution in [1.29, 1.82) is 0 Å². The van der Waals surface area contributed by atoms with Gasteiger partial charge in [0.05, 0.1) is 17.7 Å². The van der Waals surface area contributed by atoms with Crippen LogP contribution in [-0.2, 0) is 4.79 Å². The molecule has 2 aromatic heterocycles. The Labute approximate surface area is 207 Å². The van der Waals surface area contributed by atoms with Gasteiger partial charge in [0, 0.05) is 23.3 Å². The molecule has 36 heavy (non-hydrogen) atoms. The summed E-state index contributed by atoms with van der Waals surface area (Å²) in [6.45, 7) is 3.78. The van der Waals surface area contributed by atoms with Crippen LogP contribution in [0.5, 0.6) is 5.75 Å². The van der Waals surface area contributed by atoms with Gasteiger partial charge < -0.3 is 25.5 Å². The number of hydrogen-bond donors (Lipinski definition) is 4. The van der Waals surface area contributed by atoms with Crippen molar-refractivity contribution < 1.29 is 23.8 Å². The number of nitrogens with zero attached hydrogens (tertiary/aromatic N) is 2. The van der Waals surface area contributed by atoms with E-state index in [4.69, 9.17) is 4.74 Å². The molecule has 0 unspecified atom stereocenters. The number of aryl methyl sites for hydroxylation is 1. The number of carbonyl (C=O) groups excluding carboxylic acids is 2. The van der Waals surface area contributed by atoms with Crippen molar-refractivity contribution in [2.24, 2.45) is 5.92 Å². The van der Waals surface area contributed by atoms with Gasteiger partial charge in [-0.2, -0.15) is 0 Å². The van der Waals surface area contributed by atoms with E-state index in [9.17, 15) is 19.1 Å². The first-order chi connectivity index (χ1) is 17.3. The molecule has 0 bridgehead atoms. The van der Waals surface area contributed by atoms with Crippen LogP contribution in [0.15, 0.2) is 24.5 Å². The Kier molecular flexibility index (Phi) is 6.61. The zero-order valence-electron chi connectivity index (χ0n) is 20.3. The van der Waals surface area contributed by atoms with Crippen LogP contribution in [-0.4, -0.2) is 56.7 Å². The number of aromatic amines is 1. The maximum absolute atomic E-state index is 14.2. The third-order valence-electron chi connectivity index (χ3n) is 6.86. The molecule has 0 spiro atoms. The van der Waals surface area contributed by atoms with E-state index in [1.807, 2.05) is 0 Å². The first-order valence-electron chi connectivity index (χ1n) is 12.4. The lowest BCUT2D eigenvalue weighted by atomic mass is 10.1. The molecule has 2 heterocycles. The lowest BCUT2D eigenvalue weighted by molar-refractivity contribution is -0.129. The third kappa shape index (κ3) is 5.04. The smallest absolute Gasteiger partial charge is 0.255 e. The van der Waals surface area contributed by atoms with Crippen molar-refractivity contribution in [2.75, 3.05) is 6.61 Å². The van der Waals surface area contributed by atoms with E-state index >= 15 is 0 Å². The topological polar surface area (TPSA) is 129 Å². The van der Waals surface area contributed by atoms with Crippen LogP contribution in [0.2, 0.25) is 0 Å². The van der Waals surface area contributed by atoms with Gasteiger partial charge in [0.2, 0.25) is 5.91 Å². The number of halogens is 1. The highest BCUT2D eigenvalue weighted by Crippen LogP contribution is 2.37. The summed E-state index contributed by atoms with van der Waals surface area (Å²) in [5.41, 5.74) is 2.98. The molecule has 2 saturated carbocycles. The van der Waals surface area contributed by atoms with E-state index in [1.54, 1.807) is 13.0 Å². The van der Waals surface area contributed by atoms with Crippen LogP contribution < -0.4 is 15.4 Å². The molecule has 0 saturated heterocycles. The molecule has 5 rings (SSSR count). The highest BCUT2D eigenvalue weighted by molar-refractivity contribution is 6.09. The fraction of sp³-hybridized carbons (Fsp3) is 0.462. The normalized spacial score (nSPS) is 20.3. The highest BCUT2D eigenvalue weighted by Gasteiger charge is 2.30. The second kappa shape index (κ2) is 9.85. The molecule has 2 amide bonds. The molecule has 3 aromatic rings. The van der Waals surface area contributed by atoms with Gasteiger partial charge in [0.1, 0.15) is 35.2 Å². The first-order valence-corrected chi connectivity index (χ1v) is 12.4. The SMILES string of the molecule is Cc1[nH]c2c(-c3cc(F)ccc3OCC3CC3)ncnc2c1C(=O)N[C@H]1CC[C@@H](NC(=O)[C@H](C)O)C1. The fourth-order valence-corrected chi connectivity index (χ4v) is 4.73. The van der Waals surface area contributed by atoms with Gasteiger partial charge in [-0.1, -0.05) is 0 Å². The van der Waals surface area contributed by atoms with Crippen molar-refractivity contribution in [3.63, 3.8) is 0 Å². The van der Waals surface area contributed by atoms with Crippen molar-refractivity contribution in [1.82, 2.24) is 25.6 Å². The summed E-state index contributed by atoms with van der Waals surface area (Å²) in [5.74, 6) is -0.0261. The second-order valence-electron chi connectivity index (χ2n) is 9.83. The molecule has 1 aromatic carbocycles. The first kappa shape index (κ1) is 24.2.